The lowest BCUT2D eigenvalue weighted by atomic mass is 10.1. The summed E-state index contributed by atoms with van der Waals surface area (Å²) in [7, 11) is 0. The number of nitrogens with two attached hydrogens (primary N) is 1. The lowest BCUT2D eigenvalue weighted by molar-refractivity contribution is 0.241. The molecule has 2 N–H and O–H groups in total. The second-order valence-corrected chi connectivity index (χ2v) is 7.84. The number of benzene rings is 2. The molecule has 4 aromatic rings. The number of aromatic nitrogens is 2. The first-order chi connectivity index (χ1) is 14.6. The van der Waals surface area contributed by atoms with Crippen molar-refractivity contribution in [1.29, 1.82) is 0 Å². The molecule has 1 aliphatic rings. The second kappa shape index (κ2) is 7.55. The van der Waals surface area contributed by atoms with E-state index in [4.69, 9.17) is 26.7 Å². The van der Waals surface area contributed by atoms with Gasteiger partial charge < -0.3 is 10.2 Å². The van der Waals surface area contributed by atoms with E-state index in [0.29, 0.717) is 40.5 Å². The minimum Gasteiger partial charge on any atom is -0.440 e. The van der Waals surface area contributed by atoms with Crippen LogP contribution in [0.2, 0.25) is 5.02 Å². The minimum absolute atomic E-state index is 0.0746. The van der Waals surface area contributed by atoms with Gasteiger partial charge in [-0.05, 0) is 36.4 Å². The highest BCUT2D eigenvalue weighted by molar-refractivity contribution is 6.30. The number of hydrogen-bond acceptors (Lipinski definition) is 6. The quantitative estimate of drug-likeness (QED) is 0.540. The lowest BCUT2D eigenvalue weighted by Gasteiger charge is -2.28. The molecule has 150 valence electrons. The fraction of sp³-hybridized carbons (Fsp3) is 0.174. The first kappa shape index (κ1) is 18.8. The molecule has 0 amide bonds. The smallest absolute Gasteiger partial charge is 0.199 e. The molecule has 0 fully saturated rings. The number of fused-ring (bicyclic) bond motifs is 2. The molecule has 0 bridgehead atoms. The first-order valence-corrected chi connectivity index (χ1v) is 10.1. The fourth-order valence-electron chi connectivity index (χ4n) is 3.82. The van der Waals surface area contributed by atoms with Gasteiger partial charge in [-0.25, -0.2) is 9.97 Å². The van der Waals surface area contributed by atoms with Gasteiger partial charge in [-0.3, -0.25) is 9.69 Å². The number of nitrogens with zero attached hydrogens (tertiary/aromatic N) is 3. The van der Waals surface area contributed by atoms with Crippen LogP contribution in [0.3, 0.4) is 0 Å². The van der Waals surface area contributed by atoms with Gasteiger partial charge in [0.1, 0.15) is 5.58 Å². The highest BCUT2D eigenvalue weighted by Crippen LogP contribution is 2.24. The first-order valence-electron chi connectivity index (χ1n) is 9.72. The predicted molar refractivity (Wildman–Crippen MR) is 117 cm³/mol. The summed E-state index contributed by atoms with van der Waals surface area (Å²) in [6.07, 6.45) is 2.64. The van der Waals surface area contributed by atoms with E-state index in [9.17, 15) is 4.79 Å². The van der Waals surface area contributed by atoms with Gasteiger partial charge in [0.25, 0.3) is 0 Å². The van der Waals surface area contributed by atoms with Crippen molar-refractivity contribution in [2.24, 2.45) is 0 Å². The van der Waals surface area contributed by atoms with E-state index >= 15 is 0 Å². The van der Waals surface area contributed by atoms with Crippen molar-refractivity contribution in [3.63, 3.8) is 0 Å². The molecule has 0 unspecified atom stereocenters. The summed E-state index contributed by atoms with van der Waals surface area (Å²) in [6.45, 7) is 1.86. The minimum atomic E-state index is -0.0746. The Morgan fingerprint density at radius 2 is 1.93 bits per heavy atom. The molecule has 3 heterocycles. The molecule has 0 saturated heterocycles. The van der Waals surface area contributed by atoms with Crippen LogP contribution >= 0.6 is 11.6 Å². The standard InChI is InChI=1S/C23H19ClN4O2/c24-16-7-5-14(6-8-16)23-26-11-15-12-28(10-9-19(15)27-23)13-18-21(29)17-3-1-2-4-20(17)30-22(18)25/h1-8,11H,9-10,12-13,25H2. The highest BCUT2D eigenvalue weighted by atomic mass is 35.5. The van der Waals surface area contributed by atoms with E-state index in [0.717, 1.165) is 29.8 Å². The van der Waals surface area contributed by atoms with Crippen molar-refractivity contribution in [3.8, 4) is 11.4 Å². The van der Waals surface area contributed by atoms with E-state index in [1.54, 1.807) is 12.1 Å². The third kappa shape index (κ3) is 3.44. The van der Waals surface area contributed by atoms with Crippen molar-refractivity contribution < 1.29 is 4.42 Å². The van der Waals surface area contributed by atoms with Crippen molar-refractivity contribution in [2.75, 3.05) is 12.3 Å². The Bertz CT molecular complexity index is 1300. The molecule has 2 aromatic carbocycles. The van der Waals surface area contributed by atoms with Crippen LogP contribution in [-0.4, -0.2) is 21.4 Å². The highest BCUT2D eigenvalue weighted by Gasteiger charge is 2.22. The van der Waals surface area contributed by atoms with Crippen LogP contribution in [0.1, 0.15) is 16.8 Å². The Kier molecular flexibility index (Phi) is 4.73. The van der Waals surface area contributed by atoms with Gasteiger partial charge in [-0.2, -0.15) is 0 Å². The molecule has 0 spiro atoms. The predicted octanol–water partition coefficient (Wildman–Crippen LogP) is 4.04. The Morgan fingerprint density at radius 3 is 2.77 bits per heavy atom. The number of para-hydroxylation sites is 1. The molecule has 1 aliphatic heterocycles. The van der Waals surface area contributed by atoms with Gasteiger partial charge >= 0.3 is 0 Å². The SMILES string of the molecule is Nc1oc2ccccc2c(=O)c1CN1CCc2nc(-c3ccc(Cl)cc3)ncc2C1. The summed E-state index contributed by atoms with van der Waals surface area (Å²) in [6, 6.07) is 14.7. The van der Waals surface area contributed by atoms with Crippen molar-refractivity contribution in [2.45, 2.75) is 19.5 Å². The van der Waals surface area contributed by atoms with Crippen LogP contribution in [0.15, 0.2) is 63.9 Å². The zero-order valence-electron chi connectivity index (χ0n) is 16.1. The zero-order valence-corrected chi connectivity index (χ0v) is 16.9. The molecule has 0 aliphatic carbocycles. The Hall–Kier alpha value is -3.22. The molecule has 7 heteroatoms. The van der Waals surface area contributed by atoms with Gasteiger partial charge in [-0.1, -0.05) is 23.7 Å². The van der Waals surface area contributed by atoms with Crippen molar-refractivity contribution in [3.05, 3.63) is 86.8 Å². The van der Waals surface area contributed by atoms with Crippen LogP contribution in [0.5, 0.6) is 0 Å². The molecule has 2 aromatic heterocycles. The van der Waals surface area contributed by atoms with Crippen molar-refractivity contribution in [1.82, 2.24) is 14.9 Å². The number of anilines is 1. The number of nitrogen functional groups attached to an aromatic ring is 1. The van der Waals surface area contributed by atoms with E-state index in [1.165, 1.54) is 0 Å². The molecule has 5 rings (SSSR count). The number of rotatable bonds is 3. The third-order valence-electron chi connectivity index (χ3n) is 5.42. The summed E-state index contributed by atoms with van der Waals surface area (Å²) in [5.74, 6) is 0.872. The van der Waals surface area contributed by atoms with E-state index in [2.05, 4.69) is 9.88 Å². The number of halogens is 1. The van der Waals surface area contributed by atoms with Gasteiger partial charge in [0.2, 0.25) is 0 Å². The monoisotopic (exact) mass is 418 g/mol. The molecule has 6 nitrogen and oxygen atoms in total. The summed E-state index contributed by atoms with van der Waals surface area (Å²) >= 11 is 5.97. The maximum absolute atomic E-state index is 12.9. The lowest BCUT2D eigenvalue weighted by Crippen LogP contribution is -2.33. The Balaban J connectivity index is 1.40. The Labute approximate surface area is 177 Å². The van der Waals surface area contributed by atoms with Crippen LogP contribution in [0.25, 0.3) is 22.4 Å². The molecular weight excluding hydrogens is 400 g/mol. The summed E-state index contributed by atoms with van der Waals surface area (Å²) < 4.78 is 5.67. The summed E-state index contributed by atoms with van der Waals surface area (Å²) in [5.41, 5.74) is 10.0. The maximum atomic E-state index is 12.9. The average molecular weight is 419 g/mol. The molecular formula is C23H19ClN4O2. The van der Waals surface area contributed by atoms with Crippen LogP contribution in [0.4, 0.5) is 5.88 Å². The van der Waals surface area contributed by atoms with Gasteiger partial charge in [0.05, 0.1) is 16.6 Å². The maximum Gasteiger partial charge on any atom is 0.199 e. The molecule has 0 radical (unpaired) electrons. The van der Waals surface area contributed by atoms with Gasteiger partial charge in [-0.15, -0.1) is 0 Å². The molecule has 0 atom stereocenters. The second-order valence-electron chi connectivity index (χ2n) is 7.40. The summed E-state index contributed by atoms with van der Waals surface area (Å²) in [5, 5.41) is 1.24. The van der Waals surface area contributed by atoms with Gasteiger partial charge in [0.15, 0.2) is 17.1 Å². The topological polar surface area (TPSA) is 85.2 Å². The fourth-order valence-corrected chi connectivity index (χ4v) is 3.94. The normalized spacial score (nSPS) is 14.0. The largest absolute Gasteiger partial charge is 0.440 e. The zero-order chi connectivity index (χ0) is 20.7. The molecule has 0 saturated carbocycles. The molecule has 30 heavy (non-hydrogen) atoms. The summed E-state index contributed by atoms with van der Waals surface area (Å²) in [4.78, 5) is 24.3. The van der Waals surface area contributed by atoms with Gasteiger partial charge in [0, 0.05) is 48.4 Å². The number of hydrogen-bond donors (Lipinski definition) is 1. The van der Waals surface area contributed by atoms with Crippen LogP contribution < -0.4 is 11.2 Å². The van der Waals surface area contributed by atoms with Crippen LogP contribution in [0, 0.1) is 0 Å². The van der Waals surface area contributed by atoms with Crippen LogP contribution in [-0.2, 0) is 19.5 Å². The Morgan fingerprint density at radius 1 is 1.13 bits per heavy atom. The van der Waals surface area contributed by atoms with E-state index in [-0.39, 0.29) is 11.3 Å². The van der Waals surface area contributed by atoms with Crippen molar-refractivity contribution >= 4 is 28.5 Å². The average Bonchev–Trinajstić information content (AvgIpc) is 2.77. The van der Waals surface area contributed by atoms with E-state index < -0.39 is 0 Å². The van der Waals surface area contributed by atoms with E-state index in [1.807, 2.05) is 42.6 Å². The third-order valence-corrected chi connectivity index (χ3v) is 5.67.